The zero-order valence-electron chi connectivity index (χ0n) is 50.7. The minimum atomic E-state index is -2.54. The average Bonchev–Trinajstić information content (AvgIpc) is 1.59. The molecule has 15 N–H and O–H groups in total. The van der Waals surface area contributed by atoms with Gasteiger partial charge in [0.2, 0.25) is 41.4 Å². The van der Waals surface area contributed by atoms with Crippen LogP contribution in [0.1, 0.15) is 61.6 Å². The molecule has 0 spiro atoms. The summed E-state index contributed by atoms with van der Waals surface area (Å²) in [5.41, 5.74) is 6.30. The van der Waals surface area contributed by atoms with Gasteiger partial charge < -0.3 is 102 Å². The zero-order chi connectivity index (χ0) is 67.2. The molecule has 3 aliphatic heterocycles. The summed E-state index contributed by atoms with van der Waals surface area (Å²) >= 11 is 1.17. The minimum absolute atomic E-state index is 0. The number of aromatic hydroxyl groups is 1. The van der Waals surface area contributed by atoms with Gasteiger partial charge in [-0.25, -0.2) is 0 Å². The maximum atomic E-state index is 14.7. The van der Waals surface area contributed by atoms with Gasteiger partial charge >= 0.3 is 29.6 Å². The maximum Gasteiger partial charge on any atom is 1.00 e. The van der Waals surface area contributed by atoms with Crippen LogP contribution in [0.25, 0.3) is 21.1 Å². The van der Waals surface area contributed by atoms with Crippen molar-refractivity contribution in [2.75, 3.05) is 32.8 Å². The number of fused-ring (bicyclic) bond motifs is 2. The van der Waals surface area contributed by atoms with E-state index >= 15 is 0 Å². The number of hydrogen-bond acceptors (Lipinski definition) is 26. The van der Waals surface area contributed by atoms with Crippen molar-refractivity contribution in [1.82, 2.24) is 46.6 Å². The molecule has 5 aromatic rings. The number of phenols is 1. The Kier molecular flexibility index (Phi) is 26.8. The molecule has 3 aliphatic rings. The fourth-order valence-corrected chi connectivity index (χ4v) is 11.7. The van der Waals surface area contributed by atoms with Gasteiger partial charge in [-0.2, -0.15) is 0 Å². The Labute approximate surface area is 566 Å². The van der Waals surface area contributed by atoms with E-state index in [1.54, 1.807) is 24.3 Å². The molecule has 0 radical (unpaired) electrons. The van der Waals surface area contributed by atoms with Gasteiger partial charge in [-0.15, -0.1) is 14.5 Å². The van der Waals surface area contributed by atoms with Crippen LogP contribution in [-0.4, -0.2) is 214 Å². The van der Waals surface area contributed by atoms with Gasteiger partial charge in [0, 0.05) is 61.5 Å². The SMILES string of the molecule is CC(O)C1NC(=O)C(NC(=O)c2ccc(-c3nnc(-c4ccc(OCCCOc5ccccc5)cc4)s3)cc2)CC(O)CNC(=O)C2C(O)C(C)CN2C(=O)C(C(O)CC(N)=O)NC(=O)C(C(O)C(O)c2ccc(O)c(OSOO[O-])c2)NC(=O)C2CC(O)CN2C1=O.[Na+]. The molecule has 0 saturated carbocycles. The number of hydrogen-bond donors (Lipinski definition) is 14. The Bertz CT molecular complexity index is 3440. The number of amides is 8. The third-order valence-corrected chi connectivity index (χ3v) is 16.8. The first-order valence-electron chi connectivity index (χ1n) is 29.1. The monoisotopic (exact) mass is 1360 g/mol. The van der Waals surface area contributed by atoms with Gasteiger partial charge in [0.15, 0.2) is 11.5 Å². The van der Waals surface area contributed by atoms with E-state index < -0.39 is 183 Å². The number of nitrogens with zero attached hydrogens (tertiary/aromatic N) is 4. The summed E-state index contributed by atoms with van der Waals surface area (Å²) in [6, 6.07) is 13.2. The molecule has 32 nitrogen and oxygen atoms in total. The minimum Gasteiger partial charge on any atom is -0.691 e. The van der Waals surface area contributed by atoms with Crippen LogP contribution in [0.4, 0.5) is 0 Å². The number of aliphatic hydroxyl groups is 7. The van der Waals surface area contributed by atoms with Crippen LogP contribution in [-0.2, 0) is 42.9 Å². The van der Waals surface area contributed by atoms with E-state index in [0.29, 0.717) is 45.9 Å². The summed E-state index contributed by atoms with van der Waals surface area (Å²) in [6.45, 7) is 1.55. The number of β-amino-alcohol motifs (C(OH)–C–C–N with tert-alkyl or cyclic N) is 1. The molecule has 0 aliphatic carbocycles. The van der Waals surface area contributed by atoms with E-state index in [-0.39, 0.29) is 53.0 Å². The van der Waals surface area contributed by atoms with Gasteiger partial charge in [-0.3, -0.25) is 43.4 Å². The van der Waals surface area contributed by atoms with Crippen molar-refractivity contribution >= 4 is 70.9 Å². The predicted octanol–water partition coefficient (Wildman–Crippen LogP) is -6.09. The van der Waals surface area contributed by atoms with Crippen LogP contribution in [0.2, 0.25) is 0 Å². The van der Waals surface area contributed by atoms with Gasteiger partial charge in [-0.05, 0) is 73.2 Å². The van der Waals surface area contributed by atoms with Crippen LogP contribution in [0.5, 0.6) is 23.0 Å². The molecule has 8 rings (SSSR count). The number of carbonyl (C=O) groups excluding carboxylic acids is 8. The summed E-state index contributed by atoms with van der Waals surface area (Å²) in [6.07, 6.45) is -15.6. The topological polar surface area (TPSA) is 486 Å². The quantitative estimate of drug-likeness (QED) is 0.0107. The Morgan fingerprint density at radius 1 is 0.755 bits per heavy atom. The molecule has 35 heteroatoms. The number of aromatic nitrogens is 2. The number of para-hydroxylation sites is 1. The first-order chi connectivity index (χ1) is 44.4. The molecule has 14 unspecified atom stereocenters. The Morgan fingerprint density at radius 2 is 1.36 bits per heavy atom. The third kappa shape index (κ3) is 18.8. The molecule has 14 atom stereocenters. The van der Waals surface area contributed by atoms with E-state index in [1.165, 1.54) is 30.4 Å². The maximum absolute atomic E-state index is 14.7. The fourth-order valence-electron chi connectivity index (χ4n) is 10.5. The molecule has 1 aromatic heterocycles. The number of ether oxygens (including phenoxy) is 2. The van der Waals surface area contributed by atoms with E-state index in [1.807, 2.05) is 42.5 Å². The van der Waals surface area contributed by atoms with Crippen molar-refractivity contribution in [3.05, 3.63) is 108 Å². The first kappa shape index (κ1) is 73.8. The summed E-state index contributed by atoms with van der Waals surface area (Å²) in [4.78, 5) is 115. The summed E-state index contributed by atoms with van der Waals surface area (Å²) in [5.74, 6) is -10.6. The van der Waals surface area contributed by atoms with E-state index in [2.05, 4.69) is 46.2 Å². The molecule has 500 valence electrons. The molecular weight excluding hydrogens is 1290 g/mol. The number of carbonyl (C=O) groups is 8. The molecule has 4 heterocycles. The Morgan fingerprint density at radius 3 is 1.99 bits per heavy atom. The number of aliphatic hydroxyl groups excluding tert-OH is 7. The Balaban J connectivity index is 0.0000125. The number of nitrogens with two attached hydrogens (primary N) is 1. The van der Waals surface area contributed by atoms with Crippen molar-refractivity contribution in [1.29, 1.82) is 0 Å². The van der Waals surface area contributed by atoms with Crippen molar-refractivity contribution in [3.63, 3.8) is 0 Å². The van der Waals surface area contributed by atoms with Gasteiger partial charge in [0.1, 0.15) is 70.0 Å². The van der Waals surface area contributed by atoms with E-state index in [4.69, 9.17) is 19.4 Å². The number of primary amides is 1. The van der Waals surface area contributed by atoms with Crippen molar-refractivity contribution < 1.29 is 137 Å². The largest absolute Gasteiger partial charge is 1.00 e. The number of rotatable bonds is 21. The molecule has 4 aromatic carbocycles. The second-order valence-corrected chi connectivity index (χ2v) is 23.6. The predicted molar refractivity (Wildman–Crippen MR) is 321 cm³/mol. The molecule has 0 bridgehead atoms. The first-order valence-corrected chi connectivity index (χ1v) is 30.5. The fraction of sp³-hybridized carbons (Fsp3) is 0.424. The average molecular weight is 1360 g/mol. The van der Waals surface area contributed by atoms with Crippen LogP contribution >= 0.6 is 23.7 Å². The smallest absolute Gasteiger partial charge is 0.691 e. The summed E-state index contributed by atoms with van der Waals surface area (Å²) < 4.78 is 20.6. The molecule has 94 heavy (non-hydrogen) atoms. The number of nitrogens with one attached hydrogen (secondary N) is 5. The third-order valence-electron chi connectivity index (χ3n) is 15.4. The summed E-state index contributed by atoms with van der Waals surface area (Å²) in [5, 5.41) is 125. The van der Waals surface area contributed by atoms with Crippen LogP contribution in [0, 0.1) is 5.92 Å². The van der Waals surface area contributed by atoms with Crippen LogP contribution in [0.3, 0.4) is 0 Å². The van der Waals surface area contributed by atoms with Crippen LogP contribution in [0.15, 0.2) is 97.1 Å². The normalized spacial score (nSPS) is 24.5. The Hall–Kier alpha value is -7.65. The second kappa shape index (κ2) is 34.1. The van der Waals surface area contributed by atoms with Gasteiger partial charge in [-0.1, -0.05) is 54.7 Å². The molecule has 3 saturated heterocycles. The van der Waals surface area contributed by atoms with Gasteiger partial charge in [0.25, 0.3) is 18.2 Å². The number of phenolic OH excluding ortho intramolecular Hbond substituents is 1. The van der Waals surface area contributed by atoms with Crippen molar-refractivity contribution in [2.24, 2.45) is 11.7 Å². The van der Waals surface area contributed by atoms with Gasteiger partial charge in [0.05, 0.1) is 50.2 Å². The van der Waals surface area contributed by atoms with E-state index in [0.717, 1.165) is 41.3 Å². The zero-order valence-corrected chi connectivity index (χ0v) is 54.3. The van der Waals surface area contributed by atoms with Crippen molar-refractivity contribution in [2.45, 2.75) is 119 Å². The number of benzene rings is 4. The van der Waals surface area contributed by atoms with E-state index in [9.17, 15) is 84.5 Å². The standard InChI is InChI=1S/C59H70N10O22S2.Na/c1-28-26-69-47(48(28)76)55(83)61-25-34(71)22-38(62-51(79)30-9-11-31(12-10-30)56-66-67-57(92-56)32-13-16-37(17-14-32)88-20-6-19-87-36-7-4-3-5-8-36)52(80)63-44(29(2)70)58(84)68-27-35(72)23-39(68)53(81)65-46(54(82)64-45(59(69)85)41(74)24-43(60)75)50(78)49(77)33-15-18-40(73)42(21-33)89-93-91-90-86;/h3-5,7-18,21,28-29,34-35,38-39,41,44-50,70-74,76-78,86H,6,19-20,22-27H2,1-2H3,(H2,60,75)(H,61,83)(H,62,79)(H,63,80)(H,64,82)(H,65,81);/q;+1/p-1. The molecular formula is C59H69N10NaO22S2. The summed E-state index contributed by atoms with van der Waals surface area (Å²) in [7, 11) is 0. The second-order valence-electron chi connectivity index (χ2n) is 22.2. The molecule has 8 amide bonds. The van der Waals surface area contributed by atoms with Crippen LogP contribution < -0.4 is 80.8 Å². The molecule has 3 fully saturated rings. The van der Waals surface area contributed by atoms with Crippen molar-refractivity contribution in [3.8, 4) is 44.1 Å².